The van der Waals surface area contributed by atoms with E-state index in [2.05, 4.69) is 43.3 Å². The van der Waals surface area contributed by atoms with Gasteiger partial charge in [0, 0.05) is 10.5 Å². The second-order valence-electron chi connectivity index (χ2n) is 4.61. The van der Waals surface area contributed by atoms with Crippen LogP contribution in [0.1, 0.15) is 23.3 Å². The average Bonchev–Trinajstić information content (AvgIpc) is 3.15. The number of hydrogen-bond donors (Lipinski definition) is 0. The second-order valence-corrected chi connectivity index (χ2v) is 6.13. The molecule has 3 rings (SSSR count). The van der Waals surface area contributed by atoms with E-state index in [1.54, 1.807) is 0 Å². The van der Waals surface area contributed by atoms with E-state index in [0.29, 0.717) is 11.9 Å². The summed E-state index contributed by atoms with van der Waals surface area (Å²) < 4.78 is 5.77. The van der Waals surface area contributed by atoms with Gasteiger partial charge in [-0.25, -0.2) is 0 Å². The Labute approximate surface area is 112 Å². The molecule has 0 radical (unpaired) electrons. The summed E-state index contributed by atoms with van der Waals surface area (Å²) in [5.41, 5.74) is 2.62. The number of hydrogen-bond acceptors (Lipinski definition) is 2. The minimum atomic E-state index is 0.634. The molecule has 1 nitrogen and oxygen atoms in total. The van der Waals surface area contributed by atoms with Crippen LogP contribution in [0.4, 0.5) is 0 Å². The molecule has 2 aromatic carbocycles. The Bertz CT molecular complexity index is 506. The molecule has 92 valence electrons. The van der Waals surface area contributed by atoms with Crippen molar-refractivity contribution in [2.45, 2.75) is 24.0 Å². The van der Waals surface area contributed by atoms with Crippen molar-refractivity contribution >= 4 is 11.8 Å². The summed E-state index contributed by atoms with van der Waals surface area (Å²) in [6, 6.07) is 18.8. The maximum Gasteiger partial charge on any atom is 0.119 e. The quantitative estimate of drug-likeness (QED) is 0.748. The third-order valence-corrected chi connectivity index (χ3v) is 4.53. The van der Waals surface area contributed by atoms with Gasteiger partial charge in [-0.3, -0.25) is 0 Å². The fraction of sp³-hybridized carbons (Fsp3) is 0.250. The first-order valence-electron chi connectivity index (χ1n) is 6.25. The number of ether oxygens (including phenoxy) is 1. The van der Waals surface area contributed by atoms with Gasteiger partial charge in [-0.05, 0) is 23.3 Å². The summed E-state index contributed by atoms with van der Waals surface area (Å²) in [6.07, 6.45) is 0. The molecule has 18 heavy (non-hydrogen) atoms. The van der Waals surface area contributed by atoms with Crippen molar-refractivity contribution in [1.82, 2.24) is 0 Å². The molecule has 1 aliphatic heterocycles. The van der Waals surface area contributed by atoms with Crippen molar-refractivity contribution in [3.05, 3.63) is 65.7 Å². The Morgan fingerprint density at radius 3 is 2.28 bits per heavy atom. The maximum absolute atomic E-state index is 5.77. The SMILES string of the molecule is C[C@H]1S[C@@H]1c1ccc(OCc2ccccc2)cc1. The van der Waals surface area contributed by atoms with Crippen molar-refractivity contribution in [2.24, 2.45) is 0 Å². The van der Waals surface area contributed by atoms with Crippen LogP contribution in [-0.4, -0.2) is 5.25 Å². The Hall–Kier alpha value is -1.41. The predicted molar refractivity (Wildman–Crippen MR) is 77.0 cm³/mol. The minimum Gasteiger partial charge on any atom is -0.489 e. The molecule has 0 amide bonds. The molecular weight excluding hydrogens is 240 g/mol. The molecule has 0 N–H and O–H groups in total. The highest BCUT2D eigenvalue weighted by atomic mass is 32.2. The van der Waals surface area contributed by atoms with Crippen LogP contribution in [0.25, 0.3) is 0 Å². The van der Waals surface area contributed by atoms with E-state index in [0.717, 1.165) is 11.0 Å². The highest BCUT2D eigenvalue weighted by Gasteiger charge is 2.34. The molecule has 0 saturated carbocycles. The van der Waals surface area contributed by atoms with Gasteiger partial charge in [0.2, 0.25) is 0 Å². The molecular formula is C16H16OS. The van der Waals surface area contributed by atoms with Crippen molar-refractivity contribution in [2.75, 3.05) is 0 Å². The normalized spacial score (nSPS) is 21.6. The lowest BCUT2D eigenvalue weighted by Crippen LogP contribution is -1.95. The molecule has 1 aliphatic rings. The fourth-order valence-electron chi connectivity index (χ4n) is 2.03. The highest BCUT2D eigenvalue weighted by Crippen LogP contribution is 2.54. The molecule has 2 heteroatoms. The van der Waals surface area contributed by atoms with Gasteiger partial charge in [-0.15, -0.1) is 11.8 Å². The van der Waals surface area contributed by atoms with Gasteiger partial charge < -0.3 is 4.74 Å². The van der Waals surface area contributed by atoms with Gasteiger partial charge >= 0.3 is 0 Å². The summed E-state index contributed by atoms with van der Waals surface area (Å²) in [4.78, 5) is 0. The van der Waals surface area contributed by atoms with Crippen molar-refractivity contribution < 1.29 is 4.74 Å². The zero-order chi connectivity index (χ0) is 12.4. The molecule has 1 saturated heterocycles. The van der Waals surface area contributed by atoms with Crippen molar-refractivity contribution in [3.63, 3.8) is 0 Å². The van der Waals surface area contributed by atoms with Gasteiger partial charge in [0.25, 0.3) is 0 Å². The Morgan fingerprint density at radius 2 is 1.67 bits per heavy atom. The van der Waals surface area contributed by atoms with Crippen LogP contribution in [-0.2, 0) is 6.61 Å². The van der Waals surface area contributed by atoms with Crippen LogP contribution in [0.15, 0.2) is 54.6 Å². The average molecular weight is 256 g/mol. The Kier molecular flexibility index (Phi) is 3.28. The predicted octanol–water partition coefficient (Wildman–Crippen LogP) is 4.44. The summed E-state index contributed by atoms with van der Waals surface area (Å²) in [5.74, 6) is 0.945. The van der Waals surface area contributed by atoms with Crippen LogP contribution in [0.5, 0.6) is 5.75 Å². The lowest BCUT2D eigenvalue weighted by Gasteiger charge is -2.06. The molecule has 0 aliphatic carbocycles. The zero-order valence-corrected chi connectivity index (χ0v) is 11.2. The van der Waals surface area contributed by atoms with Gasteiger partial charge in [0.15, 0.2) is 0 Å². The lowest BCUT2D eigenvalue weighted by atomic mass is 10.1. The first kappa shape index (κ1) is 11.7. The second kappa shape index (κ2) is 5.07. The first-order valence-corrected chi connectivity index (χ1v) is 7.19. The molecule has 1 heterocycles. The summed E-state index contributed by atoms with van der Waals surface area (Å²) in [7, 11) is 0. The molecule has 0 aromatic heterocycles. The number of benzene rings is 2. The zero-order valence-electron chi connectivity index (χ0n) is 10.4. The Balaban J connectivity index is 1.60. The largest absolute Gasteiger partial charge is 0.489 e. The summed E-state index contributed by atoms with van der Waals surface area (Å²) >= 11 is 2.02. The highest BCUT2D eigenvalue weighted by molar-refractivity contribution is 8.07. The summed E-state index contributed by atoms with van der Waals surface area (Å²) in [6.45, 7) is 2.91. The fourth-order valence-corrected chi connectivity index (χ4v) is 2.87. The number of rotatable bonds is 4. The van der Waals surface area contributed by atoms with E-state index in [9.17, 15) is 0 Å². The molecule has 2 atom stereocenters. The first-order chi connectivity index (χ1) is 8.83. The molecule has 2 aromatic rings. The lowest BCUT2D eigenvalue weighted by molar-refractivity contribution is 0.306. The molecule has 0 unspecified atom stereocenters. The van der Waals surface area contributed by atoms with E-state index >= 15 is 0 Å². The van der Waals surface area contributed by atoms with E-state index < -0.39 is 0 Å². The topological polar surface area (TPSA) is 9.23 Å². The van der Waals surface area contributed by atoms with E-state index in [1.807, 2.05) is 30.0 Å². The van der Waals surface area contributed by atoms with Gasteiger partial charge in [-0.2, -0.15) is 0 Å². The third-order valence-electron chi connectivity index (χ3n) is 3.17. The van der Waals surface area contributed by atoms with Crippen LogP contribution in [0.2, 0.25) is 0 Å². The van der Waals surface area contributed by atoms with E-state index in [-0.39, 0.29) is 0 Å². The Morgan fingerprint density at radius 1 is 1.00 bits per heavy atom. The minimum absolute atomic E-state index is 0.634. The monoisotopic (exact) mass is 256 g/mol. The maximum atomic E-state index is 5.77. The van der Waals surface area contributed by atoms with E-state index in [4.69, 9.17) is 4.74 Å². The molecule has 0 spiro atoms. The standard InChI is InChI=1S/C16H16OS/c1-12-16(18-12)14-7-9-15(10-8-14)17-11-13-5-3-2-4-6-13/h2-10,12,16H,11H2,1H3/t12-,16+/m1/s1. The third kappa shape index (κ3) is 2.70. The summed E-state index contributed by atoms with van der Waals surface area (Å²) in [5, 5.41) is 1.48. The van der Waals surface area contributed by atoms with Gasteiger partial charge in [0.05, 0.1) is 0 Å². The van der Waals surface area contributed by atoms with Gasteiger partial charge in [0.1, 0.15) is 12.4 Å². The van der Waals surface area contributed by atoms with Crippen LogP contribution >= 0.6 is 11.8 Å². The molecule has 1 fully saturated rings. The smallest absolute Gasteiger partial charge is 0.119 e. The van der Waals surface area contributed by atoms with E-state index in [1.165, 1.54) is 11.1 Å². The van der Waals surface area contributed by atoms with Crippen LogP contribution < -0.4 is 4.74 Å². The van der Waals surface area contributed by atoms with Crippen LogP contribution in [0.3, 0.4) is 0 Å². The van der Waals surface area contributed by atoms with Crippen molar-refractivity contribution in [3.8, 4) is 5.75 Å². The number of thioether (sulfide) groups is 1. The van der Waals surface area contributed by atoms with Crippen LogP contribution in [0, 0.1) is 0 Å². The molecule has 0 bridgehead atoms. The van der Waals surface area contributed by atoms with Crippen molar-refractivity contribution in [1.29, 1.82) is 0 Å². The van der Waals surface area contributed by atoms with Gasteiger partial charge in [-0.1, -0.05) is 49.4 Å².